The molecular weight excluding hydrogens is 122 g/mol. The highest BCUT2D eigenvalue weighted by Crippen LogP contribution is 2.24. The average molecular weight is 127 g/mol. The molecule has 0 aliphatic carbocycles. The summed E-state index contributed by atoms with van der Waals surface area (Å²) in [6.45, 7) is 0. The van der Waals surface area contributed by atoms with Crippen LogP contribution in [-0.4, -0.2) is 4.68 Å². The minimum atomic E-state index is 0.495. The summed E-state index contributed by atoms with van der Waals surface area (Å²) >= 11 is 0. The summed E-state index contributed by atoms with van der Waals surface area (Å²) in [6.07, 6.45) is 1.71. The quantitative estimate of drug-likeness (QED) is 0.476. The molecule has 9 heavy (non-hydrogen) atoms. The number of nitrogens with one attached hydrogen (secondary N) is 1. The molecule has 5 heteroatoms. The molecule has 48 valence electrons. The Morgan fingerprint density at radius 1 is 1.67 bits per heavy atom. The summed E-state index contributed by atoms with van der Waals surface area (Å²) in [6, 6.07) is 1.71. The van der Waals surface area contributed by atoms with E-state index >= 15 is 0 Å². The molecule has 5 nitrogen and oxygen atoms in total. The van der Waals surface area contributed by atoms with Crippen LogP contribution < -0.4 is 16.2 Å². The first kappa shape index (κ1) is 4.51. The van der Waals surface area contributed by atoms with Crippen molar-refractivity contribution in [3.63, 3.8) is 0 Å². The van der Waals surface area contributed by atoms with Crippen LogP contribution in [0.2, 0.25) is 0 Å². The number of nitrogens with two attached hydrogens (primary N) is 1. The Morgan fingerprint density at radius 3 is 3.33 bits per heavy atom. The Bertz CT molecular complexity index is 232. The van der Waals surface area contributed by atoms with E-state index in [0.29, 0.717) is 11.6 Å². The molecule has 0 fully saturated rings. The van der Waals surface area contributed by atoms with E-state index in [4.69, 9.17) is 5.73 Å². The van der Waals surface area contributed by atoms with Crippen LogP contribution >= 0.6 is 0 Å². The molecule has 1 aliphatic heterocycles. The van der Waals surface area contributed by atoms with Crippen LogP contribution in [0, 0.1) is 0 Å². The van der Waals surface area contributed by atoms with Crippen molar-refractivity contribution < 1.29 is 9.88 Å². The summed E-state index contributed by atoms with van der Waals surface area (Å²) in [7, 11) is 0. The van der Waals surface area contributed by atoms with Crippen LogP contribution in [0.3, 0.4) is 0 Å². The molecule has 0 saturated heterocycles. The van der Waals surface area contributed by atoms with Crippen molar-refractivity contribution in [1.82, 2.24) is 4.68 Å². The zero-order valence-corrected chi connectivity index (χ0v) is 4.50. The summed E-state index contributed by atoms with van der Waals surface area (Å²) < 4.78 is 1.54. The molecule has 2 rings (SSSR count). The lowest BCUT2D eigenvalue weighted by Crippen LogP contribution is -2.03. The van der Waals surface area contributed by atoms with Crippen molar-refractivity contribution in [2.75, 3.05) is 11.3 Å². The summed E-state index contributed by atoms with van der Waals surface area (Å²) in [4.78, 5) is 8.96. The van der Waals surface area contributed by atoms with E-state index in [1.54, 1.807) is 12.3 Å². The molecule has 0 atom stereocenters. The molecule has 0 radical (unpaired) electrons. The zero-order chi connectivity index (χ0) is 6.27. The van der Waals surface area contributed by atoms with Gasteiger partial charge in [-0.25, -0.2) is 4.68 Å². The number of nitrogen functional groups attached to an aromatic ring is 1. The lowest BCUT2D eigenvalue weighted by atomic mass is 10.5. The topological polar surface area (TPSA) is 61.4 Å². The number of aromatic nitrogens is 1. The van der Waals surface area contributed by atoms with Crippen LogP contribution in [0.15, 0.2) is 12.3 Å². The fourth-order valence-corrected chi connectivity index (χ4v) is 0.691. The Labute approximate surface area is 50.8 Å². The second kappa shape index (κ2) is 1.32. The molecule has 0 amide bonds. The first-order chi connectivity index (χ1) is 4.38. The minimum absolute atomic E-state index is 0.495. The third kappa shape index (κ3) is 0.459. The van der Waals surface area contributed by atoms with E-state index in [9.17, 15) is 0 Å². The molecule has 2 heterocycles. The third-order valence-electron chi connectivity index (χ3n) is 1.13. The van der Waals surface area contributed by atoms with Gasteiger partial charge in [-0.15, -0.1) is 0 Å². The van der Waals surface area contributed by atoms with Gasteiger partial charge in [0, 0.05) is 6.20 Å². The Kier molecular flexibility index (Phi) is 0.663. The van der Waals surface area contributed by atoms with Crippen molar-refractivity contribution in [2.24, 2.45) is 0 Å². The van der Waals surface area contributed by atoms with E-state index in [0.717, 1.165) is 0 Å². The maximum atomic E-state index is 5.43. The number of rotatable bonds is 0. The van der Waals surface area contributed by atoms with Gasteiger partial charge in [0.2, 0.25) is 0 Å². The summed E-state index contributed by atoms with van der Waals surface area (Å²) in [5.41, 5.74) is 8.42. The highest BCUT2D eigenvalue weighted by Gasteiger charge is 2.14. The van der Waals surface area contributed by atoms with Crippen LogP contribution in [0.5, 0.6) is 5.88 Å². The van der Waals surface area contributed by atoms with Crippen molar-refractivity contribution in [3.05, 3.63) is 12.3 Å². The molecule has 3 N–H and O–H groups in total. The SMILES string of the molecule is Nc1ccn2c1OON2. The minimum Gasteiger partial charge on any atom is -0.394 e. The highest BCUT2D eigenvalue weighted by atomic mass is 17.3. The van der Waals surface area contributed by atoms with Gasteiger partial charge in [-0.1, -0.05) is 0 Å². The Morgan fingerprint density at radius 2 is 2.56 bits per heavy atom. The van der Waals surface area contributed by atoms with Crippen molar-refractivity contribution in [2.45, 2.75) is 0 Å². The van der Waals surface area contributed by atoms with Gasteiger partial charge in [-0.05, 0) is 11.1 Å². The number of hydrogen-bond acceptors (Lipinski definition) is 4. The first-order valence-corrected chi connectivity index (χ1v) is 2.44. The molecule has 1 aliphatic rings. The van der Waals surface area contributed by atoms with Crippen LogP contribution in [0.4, 0.5) is 5.69 Å². The fourth-order valence-electron chi connectivity index (χ4n) is 0.691. The number of nitrogens with zero attached hydrogens (tertiary/aromatic N) is 1. The normalized spacial score (nSPS) is 14.2. The van der Waals surface area contributed by atoms with Crippen molar-refractivity contribution in [3.8, 4) is 5.88 Å². The maximum Gasteiger partial charge on any atom is 0.283 e. The predicted molar refractivity (Wildman–Crippen MR) is 29.9 cm³/mol. The van der Waals surface area contributed by atoms with Crippen LogP contribution in [0.1, 0.15) is 0 Å². The molecule has 0 aromatic carbocycles. The van der Waals surface area contributed by atoms with Crippen LogP contribution in [0.25, 0.3) is 0 Å². The van der Waals surface area contributed by atoms with Gasteiger partial charge < -0.3 is 5.73 Å². The number of anilines is 1. The monoisotopic (exact) mass is 127 g/mol. The summed E-state index contributed by atoms with van der Waals surface area (Å²) in [5, 5.41) is 0. The van der Waals surface area contributed by atoms with Crippen molar-refractivity contribution in [1.29, 1.82) is 0 Å². The number of fused-ring (bicyclic) bond motifs is 1. The van der Waals surface area contributed by atoms with E-state index in [-0.39, 0.29) is 0 Å². The predicted octanol–water partition coefficient (Wildman–Crippen LogP) is -0.147. The first-order valence-electron chi connectivity index (χ1n) is 2.44. The number of hydrogen-bond donors (Lipinski definition) is 2. The van der Waals surface area contributed by atoms with Gasteiger partial charge in [0.25, 0.3) is 5.88 Å². The third-order valence-corrected chi connectivity index (χ3v) is 1.13. The Balaban J connectivity index is 2.56. The van der Waals surface area contributed by atoms with Gasteiger partial charge in [0.05, 0.1) is 0 Å². The van der Waals surface area contributed by atoms with E-state index in [1.807, 2.05) is 0 Å². The molecular formula is C4H5N3O2. The molecule has 0 saturated carbocycles. The molecule has 0 bridgehead atoms. The smallest absolute Gasteiger partial charge is 0.283 e. The molecule has 1 aromatic heterocycles. The largest absolute Gasteiger partial charge is 0.394 e. The second-order valence-corrected chi connectivity index (χ2v) is 1.70. The van der Waals surface area contributed by atoms with Gasteiger partial charge in [0.1, 0.15) is 5.69 Å². The highest BCUT2D eigenvalue weighted by molar-refractivity contribution is 5.49. The maximum absolute atomic E-state index is 5.43. The van der Waals surface area contributed by atoms with E-state index in [1.165, 1.54) is 4.68 Å². The van der Waals surface area contributed by atoms with Gasteiger partial charge >= 0.3 is 0 Å². The Hall–Kier alpha value is -1.36. The fraction of sp³-hybridized carbons (Fsp3) is 0. The molecule has 0 spiro atoms. The van der Waals surface area contributed by atoms with Gasteiger partial charge in [-0.3, -0.25) is 4.89 Å². The standard InChI is InChI=1S/C4H5N3O2/c5-3-1-2-7-4(3)8-9-6-7/h1-2,6H,5H2. The molecule has 1 aromatic rings. The van der Waals surface area contributed by atoms with Crippen LogP contribution in [-0.2, 0) is 4.99 Å². The van der Waals surface area contributed by atoms with Gasteiger partial charge in [0.15, 0.2) is 0 Å². The van der Waals surface area contributed by atoms with E-state index < -0.39 is 0 Å². The second-order valence-electron chi connectivity index (χ2n) is 1.70. The van der Waals surface area contributed by atoms with Crippen molar-refractivity contribution >= 4 is 5.69 Å². The lowest BCUT2D eigenvalue weighted by molar-refractivity contribution is -0.162. The van der Waals surface area contributed by atoms with Gasteiger partial charge in [-0.2, -0.15) is 5.59 Å². The molecule has 0 unspecified atom stereocenters. The lowest BCUT2D eigenvalue weighted by Gasteiger charge is -1.86. The average Bonchev–Trinajstić information content (AvgIpc) is 2.35. The summed E-state index contributed by atoms with van der Waals surface area (Å²) in [5.74, 6) is 0.495. The van der Waals surface area contributed by atoms with E-state index in [2.05, 4.69) is 15.5 Å². The zero-order valence-electron chi connectivity index (χ0n) is 4.50.